The lowest BCUT2D eigenvalue weighted by Gasteiger charge is -2.09. The summed E-state index contributed by atoms with van der Waals surface area (Å²) in [7, 11) is 0. The SMILES string of the molecule is Cc1cc(C=O)c2cc1c1cccc2c1. The minimum absolute atomic E-state index is 0.785. The van der Waals surface area contributed by atoms with E-state index in [1.165, 1.54) is 10.8 Å². The van der Waals surface area contributed by atoms with Crippen molar-refractivity contribution in [2.75, 3.05) is 0 Å². The maximum Gasteiger partial charge on any atom is 0.150 e. The first-order valence-electron chi connectivity index (χ1n) is 5.00. The summed E-state index contributed by atoms with van der Waals surface area (Å²) in [5.41, 5.74) is 1.95. The number of fused-ring (bicyclic) bond motifs is 6. The Morgan fingerprint density at radius 2 is 1.73 bits per heavy atom. The fraction of sp³-hybridized carbons (Fsp3) is 0.0714. The Bertz CT molecular complexity index is 652. The minimum Gasteiger partial charge on any atom is -0.298 e. The van der Waals surface area contributed by atoms with Crippen LogP contribution < -0.4 is 0 Å². The predicted molar refractivity (Wildman–Crippen MR) is 62.8 cm³/mol. The number of hydrogen-bond acceptors (Lipinski definition) is 1. The van der Waals surface area contributed by atoms with E-state index in [0.717, 1.165) is 28.2 Å². The van der Waals surface area contributed by atoms with Gasteiger partial charge in [-0.15, -0.1) is 0 Å². The van der Waals surface area contributed by atoms with E-state index in [9.17, 15) is 4.79 Å². The summed E-state index contributed by atoms with van der Waals surface area (Å²) in [4.78, 5) is 11.0. The van der Waals surface area contributed by atoms with Crippen LogP contribution in [0.2, 0.25) is 0 Å². The molecule has 3 rings (SSSR count). The Morgan fingerprint density at radius 1 is 1.00 bits per heavy atom. The number of aldehydes is 1. The normalized spacial score (nSPS) is 11.3. The average Bonchev–Trinajstić information content (AvgIpc) is 2.28. The van der Waals surface area contributed by atoms with Crippen molar-refractivity contribution >= 4 is 27.8 Å². The molecule has 0 saturated heterocycles. The third kappa shape index (κ3) is 1.06. The summed E-state index contributed by atoms with van der Waals surface area (Å²) in [6.45, 7) is 2.05. The molecule has 0 aliphatic carbocycles. The Morgan fingerprint density at radius 3 is 2.47 bits per heavy atom. The zero-order valence-electron chi connectivity index (χ0n) is 8.45. The van der Waals surface area contributed by atoms with Crippen molar-refractivity contribution < 1.29 is 4.79 Å². The first-order valence-corrected chi connectivity index (χ1v) is 5.00. The molecule has 0 aromatic heterocycles. The highest BCUT2D eigenvalue weighted by molar-refractivity contribution is 6.07. The van der Waals surface area contributed by atoms with E-state index in [4.69, 9.17) is 0 Å². The average molecular weight is 194 g/mol. The maximum absolute atomic E-state index is 11.0. The summed E-state index contributed by atoms with van der Waals surface area (Å²) >= 11 is 0. The van der Waals surface area contributed by atoms with Crippen LogP contribution in [0.5, 0.6) is 0 Å². The molecule has 3 aromatic carbocycles. The van der Waals surface area contributed by atoms with Crippen molar-refractivity contribution in [1.29, 1.82) is 0 Å². The molecule has 0 heterocycles. The molecule has 4 bridgehead atoms. The molecule has 0 unspecified atom stereocenters. The van der Waals surface area contributed by atoms with E-state index in [1.807, 2.05) is 25.1 Å². The topological polar surface area (TPSA) is 17.1 Å². The molecule has 0 radical (unpaired) electrons. The quantitative estimate of drug-likeness (QED) is 0.541. The van der Waals surface area contributed by atoms with E-state index >= 15 is 0 Å². The zero-order valence-corrected chi connectivity index (χ0v) is 8.45. The molecular formula is C14H10O. The molecule has 0 saturated carbocycles. The summed E-state index contributed by atoms with van der Waals surface area (Å²) in [5.74, 6) is 0. The van der Waals surface area contributed by atoms with Crippen molar-refractivity contribution in [1.82, 2.24) is 0 Å². The third-order valence-corrected chi connectivity index (χ3v) is 3.01. The minimum atomic E-state index is 0.785. The zero-order chi connectivity index (χ0) is 10.4. The third-order valence-electron chi connectivity index (χ3n) is 3.01. The van der Waals surface area contributed by atoms with Crippen LogP contribution in [0, 0.1) is 6.92 Å². The van der Waals surface area contributed by atoms with Gasteiger partial charge in [0.05, 0.1) is 0 Å². The van der Waals surface area contributed by atoms with Gasteiger partial charge in [0.25, 0.3) is 0 Å². The lowest BCUT2D eigenvalue weighted by molar-refractivity contribution is 0.112. The van der Waals surface area contributed by atoms with Gasteiger partial charge in [-0.3, -0.25) is 4.79 Å². The van der Waals surface area contributed by atoms with Crippen LogP contribution in [0.15, 0.2) is 36.4 Å². The number of hydrogen-bond donors (Lipinski definition) is 0. The molecule has 0 fully saturated rings. The van der Waals surface area contributed by atoms with Gasteiger partial charge in [-0.1, -0.05) is 18.2 Å². The molecule has 3 aromatic rings. The predicted octanol–water partition coefficient (Wildman–Crippen LogP) is 3.55. The first kappa shape index (κ1) is 8.42. The standard InChI is InChI=1S/C14H10O/c1-9-5-12(8-15)14-7-13(9)10-3-2-4-11(14)6-10/h2-8H,1H3. The highest BCUT2D eigenvalue weighted by Gasteiger charge is 2.06. The molecule has 1 heteroatoms. The maximum atomic E-state index is 11.0. The summed E-state index contributed by atoms with van der Waals surface area (Å²) in [5, 5.41) is 4.68. The Labute approximate surface area is 87.7 Å². The van der Waals surface area contributed by atoms with Crippen LogP contribution >= 0.6 is 0 Å². The van der Waals surface area contributed by atoms with E-state index in [0.29, 0.717) is 0 Å². The molecule has 0 atom stereocenters. The van der Waals surface area contributed by atoms with Crippen molar-refractivity contribution in [3.8, 4) is 0 Å². The molecule has 0 aliphatic rings. The second-order valence-corrected chi connectivity index (χ2v) is 3.95. The fourth-order valence-corrected chi connectivity index (χ4v) is 2.24. The first-order chi connectivity index (χ1) is 7.29. The van der Waals surface area contributed by atoms with Crippen molar-refractivity contribution in [2.45, 2.75) is 6.92 Å². The molecule has 0 amide bonds. The summed E-state index contributed by atoms with van der Waals surface area (Å²) < 4.78 is 0. The van der Waals surface area contributed by atoms with E-state index in [1.54, 1.807) is 0 Å². The van der Waals surface area contributed by atoms with Crippen LogP contribution in [-0.2, 0) is 0 Å². The Balaban J connectivity index is 2.65. The van der Waals surface area contributed by atoms with Crippen LogP contribution in [0.4, 0.5) is 0 Å². The number of rotatable bonds is 1. The van der Waals surface area contributed by atoms with Gasteiger partial charge in [0, 0.05) is 5.56 Å². The van der Waals surface area contributed by atoms with Gasteiger partial charge in [0.2, 0.25) is 0 Å². The summed E-state index contributed by atoms with van der Waals surface area (Å²) in [6.07, 6.45) is 0.935. The van der Waals surface area contributed by atoms with Gasteiger partial charge in [0.15, 0.2) is 6.29 Å². The van der Waals surface area contributed by atoms with E-state index in [-0.39, 0.29) is 0 Å². The fourth-order valence-electron chi connectivity index (χ4n) is 2.24. The highest BCUT2D eigenvalue weighted by Crippen LogP contribution is 2.29. The Hall–Kier alpha value is -1.89. The molecule has 0 aliphatic heterocycles. The van der Waals surface area contributed by atoms with Crippen LogP contribution in [0.3, 0.4) is 0 Å². The lowest BCUT2D eigenvalue weighted by atomic mass is 9.95. The van der Waals surface area contributed by atoms with Gasteiger partial charge in [-0.25, -0.2) is 0 Å². The molecule has 72 valence electrons. The number of aryl methyl sites for hydroxylation is 1. The lowest BCUT2D eigenvalue weighted by Crippen LogP contribution is -1.89. The van der Waals surface area contributed by atoms with Crippen LogP contribution in [-0.4, -0.2) is 6.29 Å². The van der Waals surface area contributed by atoms with Gasteiger partial charge in [-0.05, 0) is 52.2 Å². The van der Waals surface area contributed by atoms with Gasteiger partial charge in [0.1, 0.15) is 0 Å². The van der Waals surface area contributed by atoms with Gasteiger partial charge < -0.3 is 0 Å². The van der Waals surface area contributed by atoms with Crippen LogP contribution in [0.25, 0.3) is 21.5 Å². The van der Waals surface area contributed by atoms with E-state index in [2.05, 4.69) is 18.2 Å². The number of carbonyl (C=O) groups is 1. The number of carbonyl (C=O) groups excluding carboxylic acids is 1. The van der Waals surface area contributed by atoms with Crippen molar-refractivity contribution in [3.63, 3.8) is 0 Å². The molecule has 1 nitrogen and oxygen atoms in total. The largest absolute Gasteiger partial charge is 0.298 e. The molecule has 0 N–H and O–H groups in total. The summed E-state index contributed by atoms with van der Waals surface area (Å²) in [6, 6.07) is 12.4. The monoisotopic (exact) mass is 194 g/mol. The second kappa shape index (κ2) is 2.80. The van der Waals surface area contributed by atoms with E-state index < -0.39 is 0 Å². The van der Waals surface area contributed by atoms with Gasteiger partial charge >= 0.3 is 0 Å². The Kier molecular flexibility index (Phi) is 1.57. The highest BCUT2D eigenvalue weighted by atomic mass is 16.1. The smallest absolute Gasteiger partial charge is 0.150 e. The molecule has 0 spiro atoms. The van der Waals surface area contributed by atoms with Crippen molar-refractivity contribution in [2.24, 2.45) is 0 Å². The number of benzene rings is 3. The van der Waals surface area contributed by atoms with Gasteiger partial charge in [-0.2, -0.15) is 0 Å². The molecular weight excluding hydrogens is 184 g/mol. The molecule has 15 heavy (non-hydrogen) atoms. The second-order valence-electron chi connectivity index (χ2n) is 3.95. The van der Waals surface area contributed by atoms with Crippen molar-refractivity contribution in [3.05, 3.63) is 47.5 Å². The van der Waals surface area contributed by atoms with Crippen LogP contribution in [0.1, 0.15) is 15.9 Å².